The SMILES string of the molecule is COC(=O)C(C)(C)OCc1cc(-c2cc(Br)cs2)n(Cc2ccccc2Cl)n1. The van der Waals surface area contributed by atoms with E-state index in [1.54, 1.807) is 25.2 Å². The Hall–Kier alpha value is -1.67. The highest BCUT2D eigenvalue weighted by molar-refractivity contribution is 9.10. The molecule has 0 spiro atoms. The summed E-state index contributed by atoms with van der Waals surface area (Å²) in [7, 11) is 1.35. The number of halogens is 2. The maximum atomic E-state index is 11.8. The van der Waals surface area contributed by atoms with E-state index >= 15 is 0 Å². The van der Waals surface area contributed by atoms with Crippen LogP contribution in [0.3, 0.4) is 0 Å². The Morgan fingerprint density at radius 1 is 1.32 bits per heavy atom. The Kier molecular flexibility index (Phi) is 6.60. The van der Waals surface area contributed by atoms with Gasteiger partial charge in [-0.1, -0.05) is 29.8 Å². The number of carbonyl (C=O) groups is 1. The van der Waals surface area contributed by atoms with Crippen molar-refractivity contribution in [3.05, 3.63) is 62.5 Å². The molecule has 0 radical (unpaired) electrons. The lowest BCUT2D eigenvalue weighted by Crippen LogP contribution is -2.35. The smallest absolute Gasteiger partial charge is 0.337 e. The van der Waals surface area contributed by atoms with Gasteiger partial charge in [0, 0.05) is 14.9 Å². The number of rotatable bonds is 7. The van der Waals surface area contributed by atoms with E-state index in [4.69, 9.17) is 26.2 Å². The maximum absolute atomic E-state index is 11.8. The monoisotopic (exact) mass is 482 g/mol. The number of benzene rings is 1. The molecular weight excluding hydrogens is 464 g/mol. The van der Waals surface area contributed by atoms with Gasteiger partial charge in [-0.25, -0.2) is 4.79 Å². The Morgan fingerprint density at radius 2 is 2.07 bits per heavy atom. The van der Waals surface area contributed by atoms with Crippen LogP contribution in [0, 0.1) is 0 Å². The van der Waals surface area contributed by atoms with Crippen LogP contribution in [-0.2, 0) is 27.4 Å². The largest absolute Gasteiger partial charge is 0.467 e. The van der Waals surface area contributed by atoms with Gasteiger partial charge in [0.2, 0.25) is 0 Å². The molecular formula is C20H20BrClN2O3S. The Balaban J connectivity index is 1.90. The van der Waals surface area contributed by atoms with Crippen molar-refractivity contribution in [1.29, 1.82) is 0 Å². The molecule has 2 heterocycles. The highest BCUT2D eigenvalue weighted by Gasteiger charge is 2.30. The standard InChI is InChI=1S/C20H20BrClN2O3S/c1-20(2,19(25)26-3)27-11-15-9-17(18-8-14(21)12-28-18)24(23-15)10-13-6-4-5-7-16(13)22/h4-9,12H,10-11H2,1-3H3. The molecule has 0 bridgehead atoms. The van der Waals surface area contributed by atoms with Crippen LogP contribution in [0.5, 0.6) is 0 Å². The summed E-state index contributed by atoms with van der Waals surface area (Å²) in [6, 6.07) is 11.7. The predicted octanol–water partition coefficient (Wildman–Crippen LogP) is 5.54. The normalized spacial score (nSPS) is 11.6. The number of hydrogen-bond acceptors (Lipinski definition) is 5. The first-order chi connectivity index (χ1) is 13.3. The van der Waals surface area contributed by atoms with E-state index in [2.05, 4.69) is 15.9 Å². The predicted molar refractivity (Wildman–Crippen MR) is 115 cm³/mol. The quantitative estimate of drug-likeness (QED) is 0.414. The van der Waals surface area contributed by atoms with Gasteiger partial charge >= 0.3 is 5.97 Å². The molecule has 0 aliphatic carbocycles. The van der Waals surface area contributed by atoms with Gasteiger partial charge in [0.1, 0.15) is 0 Å². The molecule has 0 aliphatic rings. The first-order valence-electron chi connectivity index (χ1n) is 8.57. The minimum atomic E-state index is -1.05. The average Bonchev–Trinajstić information content (AvgIpc) is 3.27. The van der Waals surface area contributed by atoms with Gasteiger partial charge in [-0.2, -0.15) is 5.10 Å². The van der Waals surface area contributed by atoms with Crippen LogP contribution in [0.2, 0.25) is 5.02 Å². The van der Waals surface area contributed by atoms with Gasteiger partial charge < -0.3 is 9.47 Å². The zero-order chi connectivity index (χ0) is 20.3. The van der Waals surface area contributed by atoms with Crippen molar-refractivity contribution in [1.82, 2.24) is 9.78 Å². The third-order valence-corrected chi connectivity index (χ3v) is 6.27. The topological polar surface area (TPSA) is 53.4 Å². The molecule has 8 heteroatoms. The molecule has 3 rings (SSSR count). The summed E-state index contributed by atoms with van der Waals surface area (Å²) < 4.78 is 13.5. The number of nitrogens with zero attached hydrogens (tertiary/aromatic N) is 2. The number of esters is 1. The molecule has 0 fully saturated rings. The second kappa shape index (κ2) is 8.78. The van der Waals surface area contributed by atoms with Gasteiger partial charge in [-0.3, -0.25) is 4.68 Å². The number of carbonyl (C=O) groups excluding carboxylic acids is 1. The van der Waals surface area contributed by atoms with Crippen LogP contribution in [0.1, 0.15) is 25.1 Å². The molecule has 0 unspecified atom stereocenters. The zero-order valence-corrected chi connectivity index (χ0v) is 18.9. The number of thiophene rings is 1. The number of aromatic nitrogens is 2. The van der Waals surface area contributed by atoms with Crippen molar-refractivity contribution in [2.75, 3.05) is 7.11 Å². The molecule has 0 atom stereocenters. The van der Waals surface area contributed by atoms with Crippen LogP contribution in [-0.4, -0.2) is 28.5 Å². The van der Waals surface area contributed by atoms with Crippen molar-refractivity contribution < 1.29 is 14.3 Å². The highest BCUT2D eigenvalue weighted by Crippen LogP contribution is 2.31. The lowest BCUT2D eigenvalue weighted by molar-refractivity contribution is -0.166. The lowest BCUT2D eigenvalue weighted by atomic mass is 10.1. The second-order valence-corrected chi connectivity index (χ2v) is 8.92. The fourth-order valence-electron chi connectivity index (χ4n) is 2.65. The summed E-state index contributed by atoms with van der Waals surface area (Å²) in [5, 5.41) is 7.41. The van der Waals surface area contributed by atoms with E-state index in [9.17, 15) is 4.79 Å². The number of ether oxygens (including phenoxy) is 2. The minimum Gasteiger partial charge on any atom is -0.467 e. The second-order valence-electron chi connectivity index (χ2n) is 6.69. The molecule has 0 aliphatic heterocycles. The molecule has 0 saturated heterocycles. The van der Waals surface area contributed by atoms with Crippen LogP contribution in [0.25, 0.3) is 10.6 Å². The van der Waals surface area contributed by atoms with E-state index in [0.29, 0.717) is 11.6 Å². The minimum absolute atomic E-state index is 0.192. The molecule has 5 nitrogen and oxygen atoms in total. The summed E-state index contributed by atoms with van der Waals surface area (Å²) in [6.45, 7) is 4.08. The third kappa shape index (κ3) is 4.84. The van der Waals surface area contributed by atoms with Crippen molar-refractivity contribution in [3.8, 4) is 10.6 Å². The van der Waals surface area contributed by atoms with E-state index in [1.807, 2.05) is 46.5 Å². The average molecular weight is 484 g/mol. The fourth-order valence-corrected chi connectivity index (χ4v) is 4.30. The summed E-state index contributed by atoms with van der Waals surface area (Å²) in [6.07, 6.45) is 0. The molecule has 28 heavy (non-hydrogen) atoms. The van der Waals surface area contributed by atoms with Gasteiger partial charge in [0.15, 0.2) is 5.60 Å². The van der Waals surface area contributed by atoms with Crippen LogP contribution < -0.4 is 0 Å². The summed E-state index contributed by atoms with van der Waals surface area (Å²) in [5.41, 5.74) is 1.62. The number of methoxy groups -OCH3 is 1. The molecule has 0 saturated carbocycles. The maximum Gasteiger partial charge on any atom is 0.337 e. The summed E-state index contributed by atoms with van der Waals surface area (Å²) in [5.74, 6) is -0.426. The molecule has 1 aromatic carbocycles. The van der Waals surface area contributed by atoms with Crippen molar-refractivity contribution >= 4 is 44.8 Å². The number of hydrogen-bond donors (Lipinski definition) is 0. The van der Waals surface area contributed by atoms with Gasteiger partial charge in [0.25, 0.3) is 0 Å². The van der Waals surface area contributed by atoms with E-state index in [-0.39, 0.29) is 6.61 Å². The molecule has 0 N–H and O–H groups in total. The van der Waals surface area contributed by atoms with Crippen LogP contribution >= 0.6 is 38.9 Å². The summed E-state index contributed by atoms with van der Waals surface area (Å²) >= 11 is 11.5. The molecule has 148 valence electrons. The van der Waals surface area contributed by atoms with E-state index < -0.39 is 11.6 Å². The third-order valence-electron chi connectivity index (χ3n) is 4.19. The van der Waals surface area contributed by atoms with Crippen molar-refractivity contribution in [3.63, 3.8) is 0 Å². The van der Waals surface area contributed by atoms with Crippen LogP contribution in [0.15, 0.2) is 46.3 Å². The van der Waals surface area contributed by atoms with Gasteiger partial charge in [-0.05, 0) is 53.5 Å². The molecule has 3 aromatic rings. The Morgan fingerprint density at radius 3 is 2.71 bits per heavy atom. The molecule has 0 amide bonds. The molecule has 2 aromatic heterocycles. The van der Waals surface area contributed by atoms with Gasteiger partial charge in [0.05, 0.1) is 36.5 Å². The summed E-state index contributed by atoms with van der Waals surface area (Å²) in [4.78, 5) is 12.9. The van der Waals surface area contributed by atoms with E-state index in [1.165, 1.54) is 7.11 Å². The first-order valence-corrected chi connectivity index (χ1v) is 10.6. The Bertz CT molecular complexity index is 983. The van der Waals surface area contributed by atoms with Gasteiger partial charge in [-0.15, -0.1) is 11.3 Å². The van der Waals surface area contributed by atoms with E-state index in [0.717, 1.165) is 26.3 Å². The van der Waals surface area contributed by atoms with Crippen molar-refractivity contribution in [2.24, 2.45) is 0 Å². The van der Waals surface area contributed by atoms with Crippen LogP contribution in [0.4, 0.5) is 0 Å². The zero-order valence-electron chi connectivity index (χ0n) is 15.7. The van der Waals surface area contributed by atoms with Crippen molar-refractivity contribution in [2.45, 2.75) is 32.6 Å². The highest BCUT2D eigenvalue weighted by atomic mass is 79.9. The fraction of sp³-hybridized carbons (Fsp3) is 0.300. The lowest BCUT2D eigenvalue weighted by Gasteiger charge is -2.21. The first kappa shape index (κ1) is 21.0. The Labute approximate surface area is 181 Å².